The fourth-order valence-electron chi connectivity index (χ4n) is 3.77. The van der Waals surface area contributed by atoms with Gasteiger partial charge in [0.15, 0.2) is 0 Å². The summed E-state index contributed by atoms with van der Waals surface area (Å²) in [4.78, 5) is 41.7. The first-order valence-corrected chi connectivity index (χ1v) is 12.9. The summed E-state index contributed by atoms with van der Waals surface area (Å²) in [5.41, 5.74) is 2.46. The molecule has 4 aromatic rings. The summed E-state index contributed by atoms with van der Waals surface area (Å²) in [6.07, 6.45) is 1.53. The zero-order chi connectivity index (χ0) is 26.2. The summed E-state index contributed by atoms with van der Waals surface area (Å²) in [6, 6.07) is 20.5. The van der Waals surface area contributed by atoms with E-state index in [0.717, 1.165) is 11.1 Å². The van der Waals surface area contributed by atoms with E-state index in [4.69, 9.17) is 16.0 Å². The zero-order valence-corrected chi connectivity index (χ0v) is 21.7. The van der Waals surface area contributed by atoms with Gasteiger partial charge in [-0.3, -0.25) is 14.4 Å². The van der Waals surface area contributed by atoms with Gasteiger partial charge in [0.1, 0.15) is 11.8 Å². The number of carbonyl (C=O) groups excluding carboxylic acids is 3. The molecule has 3 amide bonds. The molecule has 2 aromatic heterocycles. The second kappa shape index (κ2) is 12.4. The van der Waals surface area contributed by atoms with Gasteiger partial charge >= 0.3 is 0 Å². The van der Waals surface area contributed by atoms with Crippen molar-refractivity contribution >= 4 is 40.7 Å². The third-order valence-corrected chi connectivity index (χ3v) is 6.82. The average Bonchev–Trinajstić information content (AvgIpc) is 3.62. The Kier molecular flexibility index (Phi) is 8.77. The number of hydrogen-bond donors (Lipinski definition) is 2. The molecule has 0 spiro atoms. The van der Waals surface area contributed by atoms with Crippen molar-refractivity contribution in [3.63, 3.8) is 0 Å². The Morgan fingerprint density at radius 1 is 0.973 bits per heavy atom. The number of amides is 3. The normalized spacial score (nSPS) is 11.5. The van der Waals surface area contributed by atoms with Crippen LogP contribution in [0.3, 0.4) is 0 Å². The van der Waals surface area contributed by atoms with Gasteiger partial charge in [-0.15, -0.1) is 11.3 Å². The van der Waals surface area contributed by atoms with Gasteiger partial charge in [-0.25, -0.2) is 0 Å². The molecule has 0 fully saturated rings. The fourth-order valence-corrected chi connectivity index (χ4v) is 4.53. The predicted octanol–water partition coefficient (Wildman–Crippen LogP) is 5.12. The van der Waals surface area contributed by atoms with Crippen LogP contribution < -0.4 is 10.6 Å². The number of thiophene rings is 1. The number of nitrogens with zero attached hydrogens (tertiary/aromatic N) is 1. The van der Waals surface area contributed by atoms with Crippen LogP contribution in [0.1, 0.15) is 38.2 Å². The molecule has 1 atom stereocenters. The van der Waals surface area contributed by atoms with Gasteiger partial charge in [-0.2, -0.15) is 0 Å². The summed E-state index contributed by atoms with van der Waals surface area (Å²) in [5.74, 6) is -0.524. The Morgan fingerprint density at radius 2 is 1.73 bits per heavy atom. The SMILES string of the molecule is Cc1ccc(C(C(=O)NCc2ccco2)N(Cc2ccc(Cl)cc2)C(=O)CNC(=O)c2cccs2)cc1. The lowest BCUT2D eigenvalue weighted by atomic mass is 10.0. The topological polar surface area (TPSA) is 91.7 Å². The lowest BCUT2D eigenvalue weighted by Crippen LogP contribution is -2.46. The van der Waals surface area contributed by atoms with E-state index in [1.807, 2.05) is 31.2 Å². The predicted molar refractivity (Wildman–Crippen MR) is 143 cm³/mol. The van der Waals surface area contributed by atoms with Gasteiger partial charge in [-0.1, -0.05) is 59.6 Å². The monoisotopic (exact) mass is 535 g/mol. The number of benzene rings is 2. The Bertz CT molecular complexity index is 1320. The van der Waals surface area contributed by atoms with Crippen molar-refractivity contribution in [2.75, 3.05) is 6.54 Å². The lowest BCUT2D eigenvalue weighted by Gasteiger charge is -2.32. The minimum atomic E-state index is -0.947. The first kappa shape index (κ1) is 26.2. The van der Waals surface area contributed by atoms with Crippen molar-refractivity contribution in [1.82, 2.24) is 15.5 Å². The van der Waals surface area contributed by atoms with E-state index in [0.29, 0.717) is 21.2 Å². The summed E-state index contributed by atoms with van der Waals surface area (Å²) in [7, 11) is 0. The minimum Gasteiger partial charge on any atom is -0.467 e. The third-order valence-electron chi connectivity index (χ3n) is 5.70. The molecule has 2 N–H and O–H groups in total. The van der Waals surface area contributed by atoms with Gasteiger partial charge in [0, 0.05) is 11.6 Å². The molecule has 2 aromatic carbocycles. The number of furan rings is 1. The van der Waals surface area contributed by atoms with Crippen molar-refractivity contribution in [1.29, 1.82) is 0 Å². The van der Waals surface area contributed by atoms with E-state index < -0.39 is 11.9 Å². The minimum absolute atomic E-state index is 0.136. The largest absolute Gasteiger partial charge is 0.467 e. The fraction of sp³-hybridized carbons (Fsp3) is 0.179. The van der Waals surface area contributed by atoms with Crippen molar-refractivity contribution in [3.8, 4) is 0 Å². The van der Waals surface area contributed by atoms with Crippen LogP contribution in [0.4, 0.5) is 0 Å². The van der Waals surface area contributed by atoms with E-state index in [1.54, 1.807) is 53.9 Å². The van der Waals surface area contributed by atoms with Gasteiger partial charge in [0.25, 0.3) is 5.91 Å². The maximum Gasteiger partial charge on any atom is 0.261 e. The Hall–Kier alpha value is -3.88. The molecule has 9 heteroatoms. The first-order chi connectivity index (χ1) is 17.9. The molecule has 0 aliphatic rings. The standard InChI is InChI=1S/C28H26ClN3O4S/c1-19-6-10-21(11-7-19)26(28(35)30-16-23-4-2-14-36-23)32(18-20-8-12-22(29)13-9-20)25(33)17-31-27(34)24-5-3-15-37-24/h2-15,26H,16-18H2,1H3,(H,30,35)(H,31,34). The molecule has 37 heavy (non-hydrogen) atoms. The van der Waals surface area contributed by atoms with E-state index in [-0.39, 0.29) is 31.4 Å². The molecule has 4 rings (SSSR count). The van der Waals surface area contributed by atoms with Gasteiger partial charge in [-0.05, 0) is 53.8 Å². The van der Waals surface area contributed by atoms with Crippen molar-refractivity contribution in [3.05, 3.63) is 117 Å². The summed E-state index contributed by atoms with van der Waals surface area (Å²) < 4.78 is 5.35. The molecular weight excluding hydrogens is 510 g/mol. The second-order valence-electron chi connectivity index (χ2n) is 8.42. The summed E-state index contributed by atoms with van der Waals surface area (Å²) in [5, 5.41) is 7.92. The van der Waals surface area contributed by atoms with Crippen LogP contribution in [0.25, 0.3) is 0 Å². The van der Waals surface area contributed by atoms with E-state index in [1.165, 1.54) is 22.5 Å². The number of aryl methyl sites for hydroxylation is 1. The lowest BCUT2D eigenvalue weighted by molar-refractivity contribution is -0.141. The van der Waals surface area contributed by atoms with Crippen LogP contribution in [-0.2, 0) is 22.7 Å². The van der Waals surface area contributed by atoms with Crippen molar-refractivity contribution in [2.45, 2.75) is 26.1 Å². The molecule has 0 bridgehead atoms. The van der Waals surface area contributed by atoms with Crippen LogP contribution in [0, 0.1) is 6.92 Å². The molecule has 190 valence electrons. The van der Waals surface area contributed by atoms with Crippen molar-refractivity contribution < 1.29 is 18.8 Å². The first-order valence-electron chi connectivity index (χ1n) is 11.6. The van der Waals surface area contributed by atoms with Crippen molar-refractivity contribution in [2.24, 2.45) is 0 Å². The molecule has 0 radical (unpaired) electrons. The molecule has 0 aliphatic heterocycles. The highest BCUT2D eigenvalue weighted by Gasteiger charge is 2.32. The highest BCUT2D eigenvalue weighted by molar-refractivity contribution is 7.12. The number of nitrogens with one attached hydrogen (secondary N) is 2. The average molecular weight is 536 g/mol. The van der Waals surface area contributed by atoms with Gasteiger partial charge in [0.05, 0.1) is 24.2 Å². The Labute approximate surface area is 224 Å². The highest BCUT2D eigenvalue weighted by atomic mass is 35.5. The van der Waals surface area contributed by atoms with Crippen LogP contribution in [-0.4, -0.2) is 29.2 Å². The second-order valence-corrected chi connectivity index (χ2v) is 9.80. The molecule has 0 saturated heterocycles. The zero-order valence-electron chi connectivity index (χ0n) is 20.1. The van der Waals surface area contributed by atoms with Crippen LogP contribution in [0.2, 0.25) is 5.02 Å². The number of hydrogen-bond acceptors (Lipinski definition) is 5. The molecule has 0 aliphatic carbocycles. The Morgan fingerprint density at radius 3 is 2.38 bits per heavy atom. The van der Waals surface area contributed by atoms with Crippen LogP contribution in [0.5, 0.6) is 0 Å². The van der Waals surface area contributed by atoms with Gasteiger partial charge < -0.3 is 20.0 Å². The third kappa shape index (κ3) is 7.09. The Balaban J connectivity index is 1.63. The summed E-state index contributed by atoms with van der Waals surface area (Å²) in [6.45, 7) is 1.99. The molecule has 7 nitrogen and oxygen atoms in total. The van der Waals surface area contributed by atoms with Crippen LogP contribution in [0.15, 0.2) is 88.9 Å². The number of rotatable bonds is 10. The van der Waals surface area contributed by atoms with Gasteiger partial charge in [0.2, 0.25) is 11.8 Å². The quantitative estimate of drug-likeness (QED) is 0.295. The maximum absolute atomic E-state index is 13.6. The molecule has 1 unspecified atom stereocenters. The molecule has 2 heterocycles. The summed E-state index contributed by atoms with van der Waals surface area (Å²) >= 11 is 7.35. The molecule has 0 saturated carbocycles. The van der Waals surface area contributed by atoms with Crippen LogP contribution >= 0.6 is 22.9 Å². The maximum atomic E-state index is 13.6. The number of carbonyl (C=O) groups is 3. The van der Waals surface area contributed by atoms with E-state index in [9.17, 15) is 14.4 Å². The molecular formula is C28H26ClN3O4S. The number of halogens is 1. The van der Waals surface area contributed by atoms with E-state index in [2.05, 4.69) is 10.6 Å². The van der Waals surface area contributed by atoms with E-state index >= 15 is 0 Å². The highest BCUT2D eigenvalue weighted by Crippen LogP contribution is 2.25. The smallest absolute Gasteiger partial charge is 0.261 e.